The number of nitrogens with zero attached hydrogens (tertiary/aromatic N) is 2. The van der Waals surface area contributed by atoms with Crippen molar-refractivity contribution in [1.82, 2.24) is 9.97 Å². The van der Waals surface area contributed by atoms with Crippen LogP contribution >= 0.6 is 0 Å². The average molecular weight is 354 g/mol. The standard InChI is InChI=1S/C22H18N4O/c1-3-11-19(17(9-1)25-21-13-5-7-15-23-21)27-20-12-4-2-10-18(20)26-22-14-6-8-16-24-22/h1-16H,(H,23,25)(H,24,26). The summed E-state index contributed by atoms with van der Waals surface area (Å²) in [6.45, 7) is 0. The summed E-state index contributed by atoms with van der Waals surface area (Å²) in [5, 5.41) is 6.59. The molecule has 2 N–H and O–H groups in total. The molecule has 5 heteroatoms. The minimum absolute atomic E-state index is 0.707. The molecule has 0 unspecified atom stereocenters. The molecule has 2 heterocycles. The number of benzene rings is 2. The van der Waals surface area contributed by atoms with Gasteiger partial charge in [-0.15, -0.1) is 0 Å². The summed E-state index contributed by atoms with van der Waals surface area (Å²) >= 11 is 0. The highest BCUT2D eigenvalue weighted by atomic mass is 16.5. The summed E-state index contributed by atoms with van der Waals surface area (Å²) in [7, 11) is 0. The van der Waals surface area contributed by atoms with Crippen LogP contribution in [0.5, 0.6) is 11.5 Å². The monoisotopic (exact) mass is 354 g/mol. The number of hydrogen-bond acceptors (Lipinski definition) is 5. The summed E-state index contributed by atoms with van der Waals surface area (Å²) in [6.07, 6.45) is 3.50. The lowest BCUT2D eigenvalue weighted by molar-refractivity contribution is 0.487. The Balaban J connectivity index is 1.60. The third kappa shape index (κ3) is 4.22. The maximum Gasteiger partial charge on any atom is 0.151 e. The van der Waals surface area contributed by atoms with E-state index in [1.807, 2.05) is 84.9 Å². The van der Waals surface area contributed by atoms with Crippen molar-refractivity contribution >= 4 is 23.0 Å². The van der Waals surface area contributed by atoms with E-state index < -0.39 is 0 Å². The van der Waals surface area contributed by atoms with Crippen molar-refractivity contribution in [2.75, 3.05) is 10.6 Å². The SMILES string of the molecule is c1ccc(Nc2ccccc2Oc2ccccc2Nc2ccccn2)nc1. The molecule has 0 spiro atoms. The minimum Gasteiger partial charge on any atom is -0.453 e. The molecule has 4 aromatic rings. The summed E-state index contributed by atoms with van der Waals surface area (Å²) < 4.78 is 6.20. The average Bonchev–Trinajstić information content (AvgIpc) is 2.72. The Labute approximate surface area is 157 Å². The number of ether oxygens (including phenoxy) is 1. The second kappa shape index (κ2) is 8.01. The van der Waals surface area contributed by atoms with Crippen LogP contribution in [-0.2, 0) is 0 Å². The van der Waals surface area contributed by atoms with Gasteiger partial charge in [0.15, 0.2) is 11.5 Å². The molecule has 0 saturated heterocycles. The van der Waals surface area contributed by atoms with Crippen molar-refractivity contribution < 1.29 is 4.74 Å². The number of anilines is 4. The van der Waals surface area contributed by atoms with Gasteiger partial charge in [0.25, 0.3) is 0 Å². The third-order valence-corrected chi connectivity index (χ3v) is 3.85. The molecule has 0 amide bonds. The van der Waals surface area contributed by atoms with E-state index in [2.05, 4.69) is 20.6 Å². The van der Waals surface area contributed by atoms with Gasteiger partial charge in [0.1, 0.15) is 11.6 Å². The van der Waals surface area contributed by atoms with Crippen LogP contribution in [0.15, 0.2) is 97.3 Å². The highest BCUT2D eigenvalue weighted by molar-refractivity contribution is 5.68. The van der Waals surface area contributed by atoms with Gasteiger partial charge in [0, 0.05) is 12.4 Å². The van der Waals surface area contributed by atoms with E-state index in [1.165, 1.54) is 0 Å². The molecule has 132 valence electrons. The van der Waals surface area contributed by atoms with Crippen molar-refractivity contribution in [3.8, 4) is 11.5 Å². The van der Waals surface area contributed by atoms with Gasteiger partial charge >= 0.3 is 0 Å². The predicted octanol–water partition coefficient (Wildman–Crippen LogP) is 5.76. The van der Waals surface area contributed by atoms with Gasteiger partial charge in [0.05, 0.1) is 11.4 Å². The van der Waals surface area contributed by atoms with Crippen LogP contribution in [-0.4, -0.2) is 9.97 Å². The second-order valence-electron chi connectivity index (χ2n) is 5.77. The molecule has 27 heavy (non-hydrogen) atoms. The number of hydrogen-bond donors (Lipinski definition) is 2. The molecule has 0 fully saturated rings. The van der Waals surface area contributed by atoms with Crippen LogP contribution in [0.25, 0.3) is 0 Å². The van der Waals surface area contributed by atoms with Crippen LogP contribution in [0.4, 0.5) is 23.0 Å². The van der Waals surface area contributed by atoms with E-state index in [1.54, 1.807) is 12.4 Å². The Morgan fingerprint density at radius 3 is 1.41 bits per heavy atom. The van der Waals surface area contributed by atoms with E-state index in [0.29, 0.717) is 11.5 Å². The summed E-state index contributed by atoms with van der Waals surface area (Å²) in [5.41, 5.74) is 1.67. The smallest absolute Gasteiger partial charge is 0.151 e. The predicted molar refractivity (Wildman–Crippen MR) is 108 cm³/mol. The zero-order valence-electron chi connectivity index (χ0n) is 14.5. The lowest BCUT2D eigenvalue weighted by atomic mass is 10.2. The summed E-state index contributed by atoms with van der Waals surface area (Å²) in [6, 6.07) is 27.0. The Morgan fingerprint density at radius 2 is 0.963 bits per heavy atom. The van der Waals surface area contributed by atoms with Gasteiger partial charge in [-0.3, -0.25) is 0 Å². The fraction of sp³-hybridized carbons (Fsp3) is 0. The first kappa shape index (κ1) is 16.6. The Kier molecular flexibility index (Phi) is 4.93. The van der Waals surface area contributed by atoms with Crippen LogP contribution in [0, 0.1) is 0 Å². The van der Waals surface area contributed by atoms with Gasteiger partial charge in [-0.05, 0) is 48.5 Å². The summed E-state index contributed by atoms with van der Waals surface area (Å²) in [4.78, 5) is 8.62. The Bertz CT molecular complexity index is 924. The highest BCUT2D eigenvalue weighted by Gasteiger charge is 2.09. The summed E-state index contributed by atoms with van der Waals surface area (Å²) in [5.74, 6) is 2.93. The van der Waals surface area contributed by atoms with E-state index in [9.17, 15) is 0 Å². The second-order valence-corrected chi connectivity index (χ2v) is 5.77. The molecule has 0 radical (unpaired) electrons. The van der Waals surface area contributed by atoms with Crippen LogP contribution in [0.3, 0.4) is 0 Å². The van der Waals surface area contributed by atoms with Gasteiger partial charge in [-0.2, -0.15) is 0 Å². The van der Waals surface area contributed by atoms with Crippen molar-refractivity contribution in [1.29, 1.82) is 0 Å². The van der Waals surface area contributed by atoms with Crippen molar-refractivity contribution in [3.05, 3.63) is 97.3 Å². The largest absolute Gasteiger partial charge is 0.453 e. The molecule has 0 bridgehead atoms. The quantitative estimate of drug-likeness (QED) is 0.461. The molecule has 0 aliphatic rings. The van der Waals surface area contributed by atoms with Gasteiger partial charge in [-0.1, -0.05) is 36.4 Å². The molecule has 2 aromatic carbocycles. The lowest BCUT2D eigenvalue weighted by Gasteiger charge is -2.15. The van der Waals surface area contributed by atoms with Gasteiger partial charge < -0.3 is 15.4 Å². The Morgan fingerprint density at radius 1 is 0.519 bits per heavy atom. The normalized spacial score (nSPS) is 10.2. The molecule has 0 atom stereocenters. The van der Waals surface area contributed by atoms with E-state index in [4.69, 9.17) is 4.74 Å². The number of para-hydroxylation sites is 4. The molecule has 4 rings (SSSR count). The van der Waals surface area contributed by atoms with Crippen molar-refractivity contribution in [2.45, 2.75) is 0 Å². The zero-order valence-corrected chi connectivity index (χ0v) is 14.5. The highest BCUT2D eigenvalue weighted by Crippen LogP contribution is 2.35. The number of rotatable bonds is 6. The molecule has 2 aromatic heterocycles. The fourth-order valence-corrected chi connectivity index (χ4v) is 2.59. The molecular formula is C22H18N4O. The topological polar surface area (TPSA) is 59.1 Å². The number of pyridine rings is 2. The van der Waals surface area contributed by atoms with Crippen LogP contribution in [0.1, 0.15) is 0 Å². The molecular weight excluding hydrogens is 336 g/mol. The first-order valence-electron chi connectivity index (χ1n) is 8.60. The van der Waals surface area contributed by atoms with E-state index in [-0.39, 0.29) is 0 Å². The van der Waals surface area contributed by atoms with E-state index >= 15 is 0 Å². The third-order valence-electron chi connectivity index (χ3n) is 3.85. The van der Waals surface area contributed by atoms with Gasteiger partial charge in [-0.25, -0.2) is 9.97 Å². The van der Waals surface area contributed by atoms with Crippen LogP contribution in [0.2, 0.25) is 0 Å². The molecule has 0 saturated carbocycles. The first-order valence-corrected chi connectivity index (χ1v) is 8.60. The Hall–Kier alpha value is -3.86. The van der Waals surface area contributed by atoms with Gasteiger partial charge in [0.2, 0.25) is 0 Å². The molecule has 0 aliphatic heterocycles. The maximum atomic E-state index is 6.20. The number of nitrogens with one attached hydrogen (secondary N) is 2. The molecule has 0 aliphatic carbocycles. The lowest BCUT2D eigenvalue weighted by Crippen LogP contribution is -1.98. The maximum absolute atomic E-state index is 6.20. The fourth-order valence-electron chi connectivity index (χ4n) is 2.59. The zero-order chi connectivity index (χ0) is 18.3. The number of aromatic nitrogens is 2. The minimum atomic E-state index is 0.707. The van der Waals surface area contributed by atoms with Crippen molar-refractivity contribution in [3.63, 3.8) is 0 Å². The van der Waals surface area contributed by atoms with Crippen molar-refractivity contribution in [2.24, 2.45) is 0 Å². The van der Waals surface area contributed by atoms with E-state index in [0.717, 1.165) is 23.0 Å². The molecule has 5 nitrogen and oxygen atoms in total. The van der Waals surface area contributed by atoms with Crippen LogP contribution < -0.4 is 15.4 Å². The first-order chi connectivity index (χ1) is 13.4.